The van der Waals surface area contributed by atoms with Gasteiger partial charge in [0.2, 0.25) is 0 Å². The van der Waals surface area contributed by atoms with Crippen molar-refractivity contribution in [1.29, 1.82) is 5.26 Å². The fourth-order valence-corrected chi connectivity index (χ4v) is 2.36. The van der Waals surface area contributed by atoms with Crippen LogP contribution in [-0.2, 0) is 0 Å². The van der Waals surface area contributed by atoms with Crippen LogP contribution in [0.1, 0.15) is 19.8 Å². The number of nitriles is 1. The SMILES string of the molecule is CC1CN(CC2(C#N)CC2)CC1CF. The van der Waals surface area contributed by atoms with Gasteiger partial charge in [0.25, 0.3) is 0 Å². The van der Waals surface area contributed by atoms with Crippen molar-refractivity contribution in [3.8, 4) is 6.07 Å². The number of alkyl halides is 1. The van der Waals surface area contributed by atoms with Crippen LogP contribution in [0.2, 0.25) is 0 Å². The monoisotopic (exact) mass is 196 g/mol. The second-order valence-electron chi connectivity index (χ2n) is 4.98. The van der Waals surface area contributed by atoms with Crippen molar-refractivity contribution in [1.82, 2.24) is 4.90 Å². The number of hydrogen-bond acceptors (Lipinski definition) is 2. The van der Waals surface area contributed by atoms with Crippen molar-refractivity contribution in [2.24, 2.45) is 17.3 Å². The summed E-state index contributed by atoms with van der Waals surface area (Å²) < 4.78 is 12.6. The lowest BCUT2D eigenvalue weighted by molar-refractivity contribution is 0.273. The van der Waals surface area contributed by atoms with Crippen molar-refractivity contribution >= 4 is 0 Å². The van der Waals surface area contributed by atoms with Crippen molar-refractivity contribution in [3.63, 3.8) is 0 Å². The Hall–Kier alpha value is -0.620. The minimum atomic E-state index is -0.211. The number of nitrogens with zero attached hydrogens (tertiary/aromatic N) is 2. The number of halogens is 1. The molecule has 2 aliphatic rings. The molecule has 1 saturated carbocycles. The predicted molar refractivity (Wildman–Crippen MR) is 52.3 cm³/mol. The summed E-state index contributed by atoms with van der Waals surface area (Å²) in [6.45, 7) is 4.58. The molecule has 1 heterocycles. The molecule has 3 heteroatoms. The van der Waals surface area contributed by atoms with E-state index in [1.165, 1.54) is 0 Å². The van der Waals surface area contributed by atoms with Crippen LogP contribution in [0.5, 0.6) is 0 Å². The molecule has 0 aromatic carbocycles. The van der Waals surface area contributed by atoms with Crippen LogP contribution in [-0.4, -0.2) is 31.2 Å². The molecule has 0 spiro atoms. The lowest BCUT2D eigenvalue weighted by atomic mass is 10.0. The molecule has 2 unspecified atom stereocenters. The average molecular weight is 196 g/mol. The molecule has 0 radical (unpaired) electrons. The molecular formula is C11H17FN2. The van der Waals surface area contributed by atoms with Crippen molar-refractivity contribution in [2.75, 3.05) is 26.3 Å². The fourth-order valence-electron chi connectivity index (χ4n) is 2.36. The van der Waals surface area contributed by atoms with E-state index in [2.05, 4.69) is 17.9 Å². The Bertz CT molecular complexity index is 255. The summed E-state index contributed by atoms with van der Waals surface area (Å²) in [6, 6.07) is 2.39. The standard InChI is InChI=1S/C11H17FN2/c1-9-5-14(6-10(9)4-12)8-11(7-13)2-3-11/h9-10H,2-6,8H2,1H3. The topological polar surface area (TPSA) is 27.0 Å². The summed E-state index contributed by atoms with van der Waals surface area (Å²) >= 11 is 0. The van der Waals surface area contributed by atoms with E-state index in [0.717, 1.165) is 32.5 Å². The first-order valence-electron chi connectivity index (χ1n) is 5.39. The molecule has 2 atom stereocenters. The Kier molecular flexibility index (Phi) is 2.48. The minimum Gasteiger partial charge on any atom is -0.301 e. The van der Waals surface area contributed by atoms with Crippen LogP contribution in [0.25, 0.3) is 0 Å². The van der Waals surface area contributed by atoms with Gasteiger partial charge in [-0.2, -0.15) is 5.26 Å². The van der Waals surface area contributed by atoms with E-state index in [0.29, 0.717) is 5.92 Å². The van der Waals surface area contributed by atoms with Crippen LogP contribution in [0.3, 0.4) is 0 Å². The Morgan fingerprint density at radius 3 is 2.64 bits per heavy atom. The molecule has 1 aliphatic carbocycles. The van der Waals surface area contributed by atoms with Crippen LogP contribution in [0, 0.1) is 28.6 Å². The third kappa shape index (κ3) is 1.76. The molecule has 2 nitrogen and oxygen atoms in total. The van der Waals surface area contributed by atoms with Crippen molar-refractivity contribution in [3.05, 3.63) is 0 Å². The van der Waals surface area contributed by atoms with Crippen LogP contribution in [0.4, 0.5) is 4.39 Å². The van der Waals surface area contributed by atoms with Gasteiger partial charge in [-0.05, 0) is 18.8 Å². The zero-order valence-electron chi connectivity index (χ0n) is 8.67. The zero-order valence-corrected chi connectivity index (χ0v) is 8.67. The molecule has 0 amide bonds. The molecule has 1 saturated heterocycles. The van der Waals surface area contributed by atoms with E-state index >= 15 is 0 Å². The zero-order chi connectivity index (χ0) is 10.2. The summed E-state index contributed by atoms with van der Waals surface area (Å²) in [6.07, 6.45) is 2.07. The summed E-state index contributed by atoms with van der Waals surface area (Å²) in [7, 11) is 0. The quantitative estimate of drug-likeness (QED) is 0.688. The Labute approximate surface area is 84.7 Å². The van der Waals surface area contributed by atoms with Gasteiger partial charge in [0.15, 0.2) is 0 Å². The van der Waals surface area contributed by atoms with Crippen LogP contribution >= 0.6 is 0 Å². The van der Waals surface area contributed by atoms with Crippen molar-refractivity contribution in [2.45, 2.75) is 19.8 Å². The highest BCUT2D eigenvalue weighted by Gasteiger charge is 2.46. The first-order chi connectivity index (χ1) is 6.69. The molecule has 0 N–H and O–H groups in total. The maximum atomic E-state index is 12.6. The predicted octanol–water partition coefficient (Wildman–Crippen LogP) is 1.83. The molecule has 2 rings (SSSR count). The van der Waals surface area contributed by atoms with Crippen LogP contribution in [0.15, 0.2) is 0 Å². The third-order valence-corrected chi connectivity index (χ3v) is 3.66. The van der Waals surface area contributed by atoms with E-state index < -0.39 is 0 Å². The lowest BCUT2D eigenvalue weighted by Gasteiger charge is -2.18. The van der Waals surface area contributed by atoms with E-state index in [1.54, 1.807) is 0 Å². The lowest BCUT2D eigenvalue weighted by Crippen LogP contribution is -2.28. The highest BCUT2D eigenvalue weighted by atomic mass is 19.1. The van der Waals surface area contributed by atoms with Gasteiger partial charge in [0, 0.05) is 25.6 Å². The average Bonchev–Trinajstić information content (AvgIpc) is 2.85. The third-order valence-electron chi connectivity index (χ3n) is 3.66. The van der Waals surface area contributed by atoms with E-state index in [9.17, 15) is 4.39 Å². The first-order valence-corrected chi connectivity index (χ1v) is 5.39. The highest BCUT2D eigenvalue weighted by molar-refractivity contribution is 5.11. The van der Waals surface area contributed by atoms with E-state index in [-0.39, 0.29) is 18.0 Å². The number of likely N-dealkylation sites (tertiary alicyclic amines) is 1. The van der Waals surface area contributed by atoms with Gasteiger partial charge >= 0.3 is 0 Å². The van der Waals surface area contributed by atoms with Gasteiger partial charge in [-0.3, -0.25) is 4.39 Å². The smallest absolute Gasteiger partial charge is 0.0937 e. The molecule has 14 heavy (non-hydrogen) atoms. The summed E-state index contributed by atoms with van der Waals surface area (Å²) in [5, 5.41) is 8.96. The molecular weight excluding hydrogens is 179 g/mol. The normalized spacial score (nSPS) is 35.5. The second kappa shape index (κ2) is 3.51. The summed E-state index contributed by atoms with van der Waals surface area (Å²) in [5.41, 5.74) is -0.0646. The number of rotatable bonds is 3. The molecule has 2 fully saturated rings. The molecule has 0 aromatic heterocycles. The van der Waals surface area contributed by atoms with Crippen molar-refractivity contribution < 1.29 is 4.39 Å². The first kappa shape index (κ1) is 9.92. The van der Waals surface area contributed by atoms with Gasteiger partial charge in [-0.15, -0.1) is 0 Å². The van der Waals surface area contributed by atoms with Crippen LogP contribution < -0.4 is 0 Å². The highest BCUT2D eigenvalue weighted by Crippen LogP contribution is 2.46. The summed E-state index contributed by atoms with van der Waals surface area (Å²) in [4.78, 5) is 2.27. The Morgan fingerprint density at radius 1 is 1.50 bits per heavy atom. The second-order valence-corrected chi connectivity index (χ2v) is 4.98. The molecule has 78 valence electrons. The Balaban J connectivity index is 1.87. The fraction of sp³-hybridized carbons (Fsp3) is 0.909. The maximum Gasteiger partial charge on any atom is 0.0937 e. The van der Waals surface area contributed by atoms with Gasteiger partial charge < -0.3 is 4.90 Å². The molecule has 1 aliphatic heterocycles. The molecule has 0 bridgehead atoms. The number of hydrogen-bond donors (Lipinski definition) is 0. The van der Waals surface area contributed by atoms with E-state index in [1.807, 2.05) is 0 Å². The Morgan fingerprint density at radius 2 is 2.21 bits per heavy atom. The maximum absolute atomic E-state index is 12.6. The van der Waals surface area contributed by atoms with E-state index in [4.69, 9.17) is 5.26 Å². The largest absolute Gasteiger partial charge is 0.301 e. The van der Waals surface area contributed by atoms with Gasteiger partial charge in [-0.25, -0.2) is 0 Å². The molecule has 0 aromatic rings. The van der Waals surface area contributed by atoms with Gasteiger partial charge in [0.05, 0.1) is 18.2 Å². The summed E-state index contributed by atoms with van der Waals surface area (Å²) in [5.74, 6) is 0.652. The minimum absolute atomic E-state index is 0.0646. The van der Waals surface area contributed by atoms with Gasteiger partial charge in [0.1, 0.15) is 0 Å². The van der Waals surface area contributed by atoms with Gasteiger partial charge in [-0.1, -0.05) is 6.92 Å².